The van der Waals surface area contributed by atoms with Crippen LogP contribution in [0.3, 0.4) is 0 Å². The van der Waals surface area contributed by atoms with E-state index in [-0.39, 0.29) is 37.1 Å². The maximum atomic E-state index is 6.00. The Morgan fingerprint density at radius 2 is 0.500 bits per heavy atom. The van der Waals surface area contributed by atoms with Crippen molar-refractivity contribution in [1.82, 2.24) is 0 Å². The van der Waals surface area contributed by atoms with Crippen LogP contribution in [0.15, 0.2) is 0 Å². The minimum atomic E-state index is 0. The van der Waals surface area contributed by atoms with Gasteiger partial charge in [0.05, 0.1) is 0 Å². The van der Waals surface area contributed by atoms with Gasteiger partial charge in [0.1, 0.15) is 0 Å². The third-order valence-corrected chi connectivity index (χ3v) is 0. The minimum absolute atomic E-state index is 0. The predicted octanol–water partition coefficient (Wildman–Crippen LogP) is 0.0298. The average molecular weight is 170 g/mol. The van der Waals surface area contributed by atoms with Crippen molar-refractivity contribution in [2.24, 2.45) is 0 Å². The van der Waals surface area contributed by atoms with Crippen molar-refractivity contribution < 1.29 is 58.1 Å². The molecule has 38 valence electrons. The first-order valence-electron chi connectivity index (χ1n) is 0.400. The number of hydrogen-bond acceptors (Lipinski definition) is 4. The summed E-state index contributed by atoms with van der Waals surface area (Å²) in [7, 11) is 0. The van der Waals surface area contributed by atoms with Crippen LogP contribution in [0.1, 0.15) is 0 Å². The molecule has 0 saturated heterocycles. The molecule has 0 aromatic rings. The molecule has 4 N–H and O–H groups in total. The molecule has 0 atom stereocenters. The summed E-state index contributed by atoms with van der Waals surface area (Å²) in [6, 6.07) is 0. The van der Waals surface area contributed by atoms with Crippen LogP contribution >= 0.6 is 0 Å². The molecular weight excluding hydrogens is 166 g/mol. The van der Waals surface area contributed by atoms with Gasteiger partial charge in [0.15, 0.2) is 0 Å². The second-order valence-electron chi connectivity index (χ2n) is 0. The normalized spacial score (nSPS) is 2.00. The Hall–Kier alpha value is 1.01. The van der Waals surface area contributed by atoms with E-state index in [2.05, 4.69) is 0 Å². The van der Waals surface area contributed by atoms with Crippen molar-refractivity contribution in [1.29, 1.82) is 0 Å². The van der Waals surface area contributed by atoms with E-state index in [0.29, 0.717) is 0 Å². The van der Waals surface area contributed by atoms with Gasteiger partial charge in [0, 0.05) is 37.1 Å². The zero-order valence-electron chi connectivity index (χ0n) is 2.68. The van der Waals surface area contributed by atoms with Gasteiger partial charge in [-0.1, -0.05) is 0 Å². The Labute approximate surface area is 58.4 Å². The van der Waals surface area contributed by atoms with Crippen molar-refractivity contribution >= 4 is 0 Å². The fourth-order valence-electron chi connectivity index (χ4n) is 0. The molecule has 0 aromatic heterocycles. The summed E-state index contributed by atoms with van der Waals surface area (Å²) in [6.07, 6.45) is 0. The van der Waals surface area contributed by atoms with Crippen LogP contribution in [0.5, 0.6) is 0 Å². The Bertz CT molecular complexity index is 5.51. The van der Waals surface area contributed by atoms with Crippen LogP contribution in [0.25, 0.3) is 0 Å². The van der Waals surface area contributed by atoms with Crippen LogP contribution in [-0.4, -0.2) is 21.0 Å². The minimum Gasteiger partial charge on any atom is -0.255 e. The fourth-order valence-corrected chi connectivity index (χ4v) is 0. The molecule has 6 heavy (non-hydrogen) atoms. The summed E-state index contributed by atoms with van der Waals surface area (Å²) in [6.45, 7) is 0. The molecule has 0 amide bonds. The van der Waals surface area contributed by atoms with Gasteiger partial charge in [-0.3, -0.25) is 21.0 Å². The monoisotopic (exact) mass is 170 g/mol. The third-order valence-electron chi connectivity index (χ3n) is 0. The number of hydrogen-bond donors (Lipinski definition) is 4. The van der Waals surface area contributed by atoms with E-state index in [4.69, 9.17) is 21.0 Å². The Morgan fingerprint density at radius 3 is 0.500 bits per heavy atom. The Kier molecular flexibility index (Phi) is 690. The first-order chi connectivity index (χ1) is 2.00. The zero-order valence-corrected chi connectivity index (χ0v) is 5.48. The van der Waals surface area contributed by atoms with E-state index in [1.165, 1.54) is 0 Å². The van der Waals surface area contributed by atoms with Gasteiger partial charge in [-0.15, -0.1) is 0 Å². The summed E-state index contributed by atoms with van der Waals surface area (Å²) >= 11 is 0. The van der Waals surface area contributed by atoms with Gasteiger partial charge in [0.2, 0.25) is 0 Å². The summed E-state index contributed by atoms with van der Waals surface area (Å²) in [5.74, 6) is 0. The van der Waals surface area contributed by atoms with E-state index < -0.39 is 0 Å². The molecule has 0 spiro atoms. The first-order valence-corrected chi connectivity index (χ1v) is 0.400. The van der Waals surface area contributed by atoms with E-state index in [1.54, 1.807) is 0 Å². The van der Waals surface area contributed by atoms with Crippen molar-refractivity contribution in [2.45, 2.75) is 0 Å². The van der Waals surface area contributed by atoms with E-state index in [0.717, 1.165) is 0 Å². The summed E-state index contributed by atoms with van der Waals surface area (Å²) < 4.78 is 0. The smallest absolute Gasteiger partial charge is 0 e. The van der Waals surface area contributed by atoms with Crippen molar-refractivity contribution in [2.75, 3.05) is 0 Å². The SMILES string of the molecule is OO.OO.[V].[V]. The standard InChI is InChI=1S/2H2O2.2V/c2*1-2;;/h2*1-2H;;. The molecule has 0 unspecified atom stereocenters. The van der Waals surface area contributed by atoms with Gasteiger partial charge >= 0.3 is 0 Å². The van der Waals surface area contributed by atoms with Crippen LogP contribution < -0.4 is 0 Å². The maximum Gasteiger partial charge on any atom is 0 e. The molecule has 0 bridgehead atoms. The molecule has 0 saturated carbocycles. The molecule has 2 radical (unpaired) electrons. The summed E-state index contributed by atoms with van der Waals surface area (Å²) in [5.41, 5.74) is 0. The van der Waals surface area contributed by atoms with Crippen molar-refractivity contribution in [3.05, 3.63) is 0 Å². The molecule has 0 aliphatic carbocycles. The third kappa shape index (κ3) is 79.1. The van der Waals surface area contributed by atoms with Crippen LogP contribution in [-0.2, 0) is 37.1 Å². The van der Waals surface area contributed by atoms with Crippen LogP contribution in [0, 0.1) is 0 Å². The molecule has 0 heterocycles. The van der Waals surface area contributed by atoms with Gasteiger partial charge in [0.25, 0.3) is 0 Å². The largest absolute Gasteiger partial charge is 0.255 e. The van der Waals surface area contributed by atoms with Crippen LogP contribution in [0.4, 0.5) is 0 Å². The van der Waals surface area contributed by atoms with Gasteiger partial charge in [-0.25, -0.2) is 0 Å². The molecule has 0 fully saturated rings. The van der Waals surface area contributed by atoms with Crippen molar-refractivity contribution in [3.63, 3.8) is 0 Å². The van der Waals surface area contributed by atoms with E-state index in [1.807, 2.05) is 0 Å². The average Bonchev–Trinajstić information content (AvgIpc) is 1.50. The Morgan fingerprint density at radius 1 is 0.500 bits per heavy atom. The van der Waals surface area contributed by atoms with E-state index >= 15 is 0 Å². The second kappa shape index (κ2) is 148. The summed E-state index contributed by atoms with van der Waals surface area (Å²) in [4.78, 5) is 0. The molecule has 0 aromatic carbocycles. The predicted molar refractivity (Wildman–Crippen MR) is 10.5 cm³/mol. The maximum absolute atomic E-state index is 6.00. The molecule has 4 nitrogen and oxygen atoms in total. The fraction of sp³-hybridized carbons (Fsp3) is 0. The topological polar surface area (TPSA) is 80.9 Å². The zero-order chi connectivity index (χ0) is 4.00. The number of rotatable bonds is 0. The van der Waals surface area contributed by atoms with E-state index in [9.17, 15) is 0 Å². The molecule has 6 heteroatoms. The second-order valence-corrected chi connectivity index (χ2v) is 0. The molecule has 0 aliphatic rings. The Balaban J connectivity index is -0.00000000500. The van der Waals surface area contributed by atoms with Crippen molar-refractivity contribution in [3.8, 4) is 0 Å². The molecular formula is H4O4V2. The van der Waals surface area contributed by atoms with Gasteiger partial charge < -0.3 is 0 Å². The molecule has 0 rings (SSSR count). The molecule has 0 aliphatic heterocycles. The summed E-state index contributed by atoms with van der Waals surface area (Å²) in [5, 5.41) is 24.0. The van der Waals surface area contributed by atoms with Crippen LogP contribution in [0.2, 0.25) is 0 Å². The quantitative estimate of drug-likeness (QED) is 0.305. The van der Waals surface area contributed by atoms with Gasteiger partial charge in [-0.05, 0) is 0 Å². The first kappa shape index (κ1) is 28.0. The van der Waals surface area contributed by atoms with Gasteiger partial charge in [-0.2, -0.15) is 0 Å².